The standard InChI is InChI=1S/C21H28ClN3O/c1-4-25(5-2)18-10-11-20(16(3)14-18)24-21(26)12-13-23-15-17-8-6-7-9-19(17)22/h6-11,14,23H,4-5,12-13,15H2,1-3H3,(H,24,26). The Morgan fingerprint density at radius 3 is 2.50 bits per heavy atom. The molecule has 0 heterocycles. The molecule has 0 saturated carbocycles. The van der Waals surface area contributed by atoms with Gasteiger partial charge in [-0.25, -0.2) is 0 Å². The Balaban J connectivity index is 1.81. The number of hydrogen-bond acceptors (Lipinski definition) is 3. The second kappa shape index (κ2) is 10.2. The smallest absolute Gasteiger partial charge is 0.225 e. The lowest BCUT2D eigenvalue weighted by atomic mass is 10.1. The lowest BCUT2D eigenvalue weighted by Gasteiger charge is -2.22. The summed E-state index contributed by atoms with van der Waals surface area (Å²) in [5.41, 5.74) is 4.17. The highest BCUT2D eigenvalue weighted by Gasteiger charge is 2.08. The highest BCUT2D eigenvalue weighted by Crippen LogP contribution is 2.22. The van der Waals surface area contributed by atoms with Crippen LogP contribution in [0.3, 0.4) is 0 Å². The molecule has 0 aliphatic carbocycles. The van der Waals surface area contributed by atoms with Gasteiger partial charge in [-0.05, 0) is 56.2 Å². The summed E-state index contributed by atoms with van der Waals surface area (Å²) >= 11 is 6.12. The highest BCUT2D eigenvalue weighted by atomic mass is 35.5. The van der Waals surface area contributed by atoms with Gasteiger partial charge in [0.15, 0.2) is 0 Å². The first-order valence-electron chi connectivity index (χ1n) is 9.14. The van der Waals surface area contributed by atoms with Crippen molar-refractivity contribution >= 4 is 28.9 Å². The minimum absolute atomic E-state index is 0.00958. The van der Waals surface area contributed by atoms with Crippen molar-refractivity contribution in [3.8, 4) is 0 Å². The van der Waals surface area contributed by atoms with Gasteiger partial charge >= 0.3 is 0 Å². The number of amides is 1. The van der Waals surface area contributed by atoms with E-state index in [1.54, 1.807) is 0 Å². The number of nitrogens with zero attached hydrogens (tertiary/aromatic N) is 1. The molecule has 140 valence electrons. The number of benzene rings is 2. The molecule has 0 spiro atoms. The number of halogens is 1. The largest absolute Gasteiger partial charge is 0.372 e. The Morgan fingerprint density at radius 1 is 1.12 bits per heavy atom. The van der Waals surface area contributed by atoms with Gasteiger partial charge < -0.3 is 15.5 Å². The van der Waals surface area contributed by atoms with Crippen molar-refractivity contribution < 1.29 is 4.79 Å². The quantitative estimate of drug-likeness (QED) is 0.631. The van der Waals surface area contributed by atoms with Crippen molar-refractivity contribution in [1.29, 1.82) is 0 Å². The first-order chi connectivity index (χ1) is 12.5. The second-order valence-electron chi connectivity index (χ2n) is 6.24. The fourth-order valence-electron chi connectivity index (χ4n) is 2.85. The van der Waals surface area contributed by atoms with Crippen molar-refractivity contribution in [3.05, 3.63) is 58.6 Å². The summed E-state index contributed by atoms with van der Waals surface area (Å²) in [6, 6.07) is 13.9. The van der Waals surface area contributed by atoms with E-state index in [9.17, 15) is 4.79 Å². The maximum absolute atomic E-state index is 12.2. The Labute approximate surface area is 161 Å². The van der Waals surface area contributed by atoms with Crippen LogP contribution in [-0.4, -0.2) is 25.5 Å². The molecule has 0 saturated heterocycles. The lowest BCUT2D eigenvalue weighted by molar-refractivity contribution is -0.116. The van der Waals surface area contributed by atoms with Crippen LogP contribution < -0.4 is 15.5 Å². The van der Waals surface area contributed by atoms with E-state index < -0.39 is 0 Å². The zero-order valence-electron chi connectivity index (χ0n) is 15.8. The molecule has 26 heavy (non-hydrogen) atoms. The topological polar surface area (TPSA) is 44.4 Å². The minimum Gasteiger partial charge on any atom is -0.372 e. The van der Waals surface area contributed by atoms with Crippen LogP contribution in [0.5, 0.6) is 0 Å². The van der Waals surface area contributed by atoms with Crippen LogP contribution in [0.4, 0.5) is 11.4 Å². The number of aryl methyl sites for hydroxylation is 1. The van der Waals surface area contributed by atoms with Crippen LogP contribution >= 0.6 is 11.6 Å². The summed E-state index contributed by atoms with van der Waals surface area (Å²) in [4.78, 5) is 14.5. The molecule has 2 aromatic rings. The first kappa shape index (κ1) is 20.3. The van der Waals surface area contributed by atoms with E-state index in [-0.39, 0.29) is 5.91 Å². The maximum atomic E-state index is 12.2. The minimum atomic E-state index is 0.00958. The Morgan fingerprint density at radius 2 is 1.85 bits per heavy atom. The molecule has 2 aromatic carbocycles. The molecule has 0 fully saturated rings. The Bertz CT molecular complexity index is 729. The van der Waals surface area contributed by atoms with Crippen LogP contribution in [0.15, 0.2) is 42.5 Å². The van der Waals surface area contributed by atoms with Crippen LogP contribution in [-0.2, 0) is 11.3 Å². The van der Waals surface area contributed by atoms with Crippen LogP contribution in [0.1, 0.15) is 31.4 Å². The molecule has 2 N–H and O–H groups in total. The van der Waals surface area contributed by atoms with Crippen molar-refractivity contribution in [2.24, 2.45) is 0 Å². The normalized spacial score (nSPS) is 10.6. The van der Waals surface area contributed by atoms with E-state index in [0.717, 1.165) is 34.9 Å². The first-order valence-corrected chi connectivity index (χ1v) is 9.52. The van der Waals surface area contributed by atoms with E-state index in [2.05, 4.69) is 41.5 Å². The predicted molar refractivity (Wildman–Crippen MR) is 111 cm³/mol. The van der Waals surface area contributed by atoms with Crippen LogP contribution in [0.2, 0.25) is 5.02 Å². The number of nitrogens with one attached hydrogen (secondary N) is 2. The summed E-state index contributed by atoms with van der Waals surface area (Å²) in [6.45, 7) is 9.52. The van der Waals surface area contributed by atoms with Gasteiger partial charge in [0, 0.05) is 49.0 Å². The monoisotopic (exact) mass is 373 g/mol. The maximum Gasteiger partial charge on any atom is 0.225 e. The van der Waals surface area contributed by atoms with Crippen LogP contribution in [0.25, 0.3) is 0 Å². The van der Waals surface area contributed by atoms with Crippen molar-refractivity contribution in [1.82, 2.24) is 5.32 Å². The zero-order valence-corrected chi connectivity index (χ0v) is 16.6. The highest BCUT2D eigenvalue weighted by molar-refractivity contribution is 6.31. The third-order valence-corrected chi connectivity index (χ3v) is 4.78. The molecule has 2 rings (SSSR count). The molecule has 0 radical (unpaired) electrons. The van der Waals surface area contributed by atoms with Crippen molar-refractivity contribution in [2.45, 2.75) is 33.7 Å². The van der Waals surface area contributed by atoms with Crippen molar-refractivity contribution in [2.75, 3.05) is 29.9 Å². The molecular formula is C21H28ClN3O. The number of hydrogen-bond donors (Lipinski definition) is 2. The number of carbonyl (C=O) groups excluding carboxylic acids is 1. The molecule has 0 bridgehead atoms. The van der Waals surface area contributed by atoms with E-state index in [1.807, 2.05) is 37.3 Å². The molecule has 4 nitrogen and oxygen atoms in total. The van der Waals surface area contributed by atoms with Gasteiger partial charge in [-0.1, -0.05) is 29.8 Å². The molecule has 0 aliphatic rings. The Kier molecular flexibility index (Phi) is 7.95. The molecule has 0 aromatic heterocycles. The van der Waals surface area contributed by atoms with Gasteiger partial charge in [-0.3, -0.25) is 4.79 Å². The van der Waals surface area contributed by atoms with Gasteiger partial charge in [0.25, 0.3) is 0 Å². The third-order valence-electron chi connectivity index (χ3n) is 4.41. The van der Waals surface area contributed by atoms with Gasteiger partial charge in [0.05, 0.1) is 0 Å². The fourth-order valence-corrected chi connectivity index (χ4v) is 3.06. The molecule has 0 aliphatic heterocycles. The summed E-state index contributed by atoms with van der Waals surface area (Å²) in [6.07, 6.45) is 0.418. The van der Waals surface area contributed by atoms with E-state index >= 15 is 0 Å². The predicted octanol–water partition coefficient (Wildman–Crippen LogP) is 4.61. The SMILES string of the molecule is CCN(CC)c1ccc(NC(=O)CCNCc2ccccc2Cl)c(C)c1. The van der Waals surface area contributed by atoms with E-state index in [4.69, 9.17) is 11.6 Å². The third kappa shape index (κ3) is 5.75. The van der Waals surface area contributed by atoms with E-state index in [1.165, 1.54) is 5.69 Å². The van der Waals surface area contributed by atoms with Crippen LogP contribution in [0, 0.1) is 6.92 Å². The summed E-state index contributed by atoms with van der Waals surface area (Å²) in [5.74, 6) is 0.00958. The van der Waals surface area contributed by atoms with Gasteiger partial charge in [-0.15, -0.1) is 0 Å². The lowest BCUT2D eigenvalue weighted by Crippen LogP contribution is -2.23. The number of anilines is 2. The molecular weight excluding hydrogens is 346 g/mol. The van der Waals surface area contributed by atoms with E-state index in [0.29, 0.717) is 19.5 Å². The van der Waals surface area contributed by atoms with Crippen molar-refractivity contribution in [3.63, 3.8) is 0 Å². The number of carbonyl (C=O) groups is 1. The van der Waals surface area contributed by atoms with Gasteiger partial charge in [0.2, 0.25) is 5.91 Å². The average molecular weight is 374 g/mol. The molecule has 0 unspecified atom stereocenters. The van der Waals surface area contributed by atoms with Gasteiger partial charge in [-0.2, -0.15) is 0 Å². The van der Waals surface area contributed by atoms with Gasteiger partial charge in [0.1, 0.15) is 0 Å². The zero-order chi connectivity index (χ0) is 18.9. The molecule has 1 amide bonds. The Hall–Kier alpha value is -2.04. The summed E-state index contributed by atoms with van der Waals surface area (Å²) in [7, 11) is 0. The summed E-state index contributed by atoms with van der Waals surface area (Å²) < 4.78 is 0. The summed E-state index contributed by atoms with van der Waals surface area (Å²) in [5, 5.41) is 7.00. The number of rotatable bonds is 9. The average Bonchev–Trinajstić information content (AvgIpc) is 2.63. The second-order valence-corrected chi connectivity index (χ2v) is 6.65. The molecule has 0 atom stereocenters. The molecule has 5 heteroatoms. The fraction of sp³-hybridized carbons (Fsp3) is 0.381.